The van der Waals surface area contributed by atoms with Crippen molar-refractivity contribution in [2.45, 2.75) is 33.1 Å². The molecule has 0 atom stereocenters. The molecular weight excluding hydrogens is 138 g/mol. The minimum absolute atomic E-state index is 0.979. The molecule has 0 bridgehead atoms. The van der Waals surface area contributed by atoms with E-state index in [9.17, 15) is 0 Å². The summed E-state index contributed by atoms with van der Waals surface area (Å²) in [6.07, 6.45) is 3.40. The van der Waals surface area contributed by atoms with Gasteiger partial charge in [0.25, 0.3) is 0 Å². The third-order valence-electron chi connectivity index (χ3n) is 1.78. The van der Waals surface area contributed by atoms with Crippen LogP contribution in [-0.4, -0.2) is 14.8 Å². The largest absolute Gasteiger partial charge is 0.253 e. The zero-order valence-corrected chi connectivity index (χ0v) is 7.46. The Morgan fingerprint density at radius 2 is 2.18 bits per heavy atom. The minimum atomic E-state index is 0.979. The van der Waals surface area contributed by atoms with Crippen LogP contribution in [0.5, 0.6) is 0 Å². The maximum atomic E-state index is 4.30. The summed E-state index contributed by atoms with van der Waals surface area (Å²) in [6.45, 7) is 4.15. The molecular formula is C8H15N3. The molecule has 0 amide bonds. The van der Waals surface area contributed by atoms with Crippen molar-refractivity contribution in [3.8, 4) is 0 Å². The second kappa shape index (κ2) is 3.51. The van der Waals surface area contributed by atoms with E-state index in [4.69, 9.17) is 0 Å². The molecule has 62 valence electrons. The lowest BCUT2D eigenvalue weighted by Crippen LogP contribution is -1.93. The van der Waals surface area contributed by atoms with Crippen LogP contribution >= 0.6 is 0 Å². The number of aromatic nitrogens is 3. The Hall–Kier alpha value is -0.860. The predicted molar refractivity (Wildman–Crippen MR) is 44.4 cm³/mol. The average molecular weight is 153 g/mol. The number of aryl methyl sites for hydroxylation is 3. The van der Waals surface area contributed by atoms with Crippen molar-refractivity contribution >= 4 is 0 Å². The van der Waals surface area contributed by atoms with Gasteiger partial charge in [0.15, 0.2) is 5.82 Å². The first-order valence-corrected chi connectivity index (χ1v) is 4.10. The van der Waals surface area contributed by atoms with Crippen LogP contribution in [0, 0.1) is 6.92 Å². The van der Waals surface area contributed by atoms with Gasteiger partial charge < -0.3 is 0 Å². The SMILES string of the molecule is CCCCc1nc(C)n(C)n1. The summed E-state index contributed by atoms with van der Waals surface area (Å²) in [6, 6.07) is 0. The molecule has 0 aromatic carbocycles. The van der Waals surface area contributed by atoms with Crippen LogP contribution in [0.15, 0.2) is 0 Å². The summed E-state index contributed by atoms with van der Waals surface area (Å²) in [7, 11) is 1.93. The first-order chi connectivity index (χ1) is 5.24. The van der Waals surface area contributed by atoms with E-state index in [0.717, 1.165) is 18.1 Å². The van der Waals surface area contributed by atoms with Crippen LogP contribution < -0.4 is 0 Å². The van der Waals surface area contributed by atoms with Crippen LogP contribution in [0.25, 0.3) is 0 Å². The van der Waals surface area contributed by atoms with Crippen LogP contribution in [0.3, 0.4) is 0 Å². The monoisotopic (exact) mass is 153 g/mol. The third-order valence-corrected chi connectivity index (χ3v) is 1.78. The predicted octanol–water partition coefficient (Wildman–Crippen LogP) is 1.47. The van der Waals surface area contributed by atoms with E-state index >= 15 is 0 Å². The van der Waals surface area contributed by atoms with Gasteiger partial charge in [-0.05, 0) is 13.3 Å². The number of rotatable bonds is 3. The van der Waals surface area contributed by atoms with Gasteiger partial charge >= 0.3 is 0 Å². The molecule has 0 radical (unpaired) electrons. The summed E-state index contributed by atoms with van der Waals surface area (Å²) in [5, 5.41) is 4.25. The van der Waals surface area contributed by atoms with E-state index in [2.05, 4.69) is 17.0 Å². The van der Waals surface area contributed by atoms with Crippen molar-refractivity contribution < 1.29 is 0 Å². The first kappa shape index (κ1) is 8.24. The molecule has 0 aliphatic carbocycles. The van der Waals surface area contributed by atoms with Crippen molar-refractivity contribution in [2.24, 2.45) is 7.05 Å². The van der Waals surface area contributed by atoms with Crippen molar-refractivity contribution in [3.05, 3.63) is 11.6 Å². The molecule has 11 heavy (non-hydrogen) atoms. The van der Waals surface area contributed by atoms with Gasteiger partial charge in [0.2, 0.25) is 0 Å². The summed E-state index contributed by atoms with van der Waals surface area (Å²) in [5.41, 5.74) is 0. The minimum Gasteiger partial charge on any atom is -0.253 e. The van der Waals surface area contributed by atoms with Gasteiger partial charge in [0, 0.05) is 13.5 Å². The molecule has 0 aliphatic rings. The van der Waals surface area contributed by atoms with Crippen molar-refractivity contribution in [3.63, 3.8) is 0 Å². The molecule has 0 aliphatic heterocycles. The highest BCUT2D eigenvalue weighted by atomic mass is 15.3. The smallest absolute Gasteiger partial charge is 0.150 e. The second-order valence-corrected chi connectivity index (χ2v) is 2.80. The van der Waals surface area contributed by atoms with Gasteiger partial charge in [0.1, 0.15) is 5.82 Å². The summed E-state index contributed by atoms with van der Waals surface area (Å²) >= 11 is 0. The Morgan fingerprint density at radius 3 is 2.64 bits per heavy atom. The third kappa shape index (κ3) is 2.03. The molecule has 0 spiro atoms. The standard InChI is InChI=1S/C8H15N3/c1-4-5-6-8-9-7(2)11(3)10-8/h4-6H2,1-3H3. The van der Waals surface area contributed by atoms with E-state index < -0.39 is 0 Å². The first-order valence-electron chi connectivity index (χ1n) is 4.10. The fourth-order valence-electron chi connectivity index (χ4n) is 0.968. The van der Waals surface area contributed by atoms with Crippen LogP contribution in [-0.2, 0) is 13.5 Å². The maximum absolute atomic E-state index is 4.30. The van der Waals surface area contributed by atoms with E-state index in [1.54, 1.807) is 0 Å². The van der Waals surface area contributed by atoms with E-state index in [1.165, 1.54) is 12.8 Å². The molecule has 0 unspecified atom stereocenters. The van der Waals surface area contributed by atoms with Gasteiger partial charge in [-0.3, -0.25) is 4.68 Å². The lowest BCUT2D eigenvalue weighted by Gasteiger charge is -1.89. The zero-order valence-electron chi connectivity index (χ0n) is 7.46. The topological polar surface area (TPSA) is 30.7 Å². The summed E-state index contributed by atoms with van der Waals surface area (Å²) in [4.78, 5) is 4.30. The highest BCUT2D eigenvalue weighted by molar-refractivity contribution is 4.89. The van der Waals surface area contributed by atoms with Gasteiger partial charge in [-0.1, -0.05) is 13.3 Å². The van der Waals surface area contributed by atoms with E-state index in [0.29, 0.717) is 0 Å². The highest BCUT2D eigenvalue weighted by Crippen LogP contribution is 1.99. The summed E-state index contributed by atoms with van der Waals surface area (Å²) in [5.74, 6) is 1.97. The van der Waals surface area contributed by atoms with Crippen LogP contribution in [0.2, 0.25) is 0 Å². The zero-order chi connectivity index (χ0) is 8.27. The van der Waals surface area contributed by atoms with Crippen molar-refractivity contribution in [1.29, 1.82) is 0 Å². The number of unbranched alkanes of at least 4 members (excludes halogenated alkanes) is 1. The molecule has 1 aromatic heterocycles. The molecule has 0 fully saturated rings. The lowest BCUT2D eigenvalue weighted by atomic mass is 10.2. The molecule has 0 saturated heterocycles. The molecule has 3 nitrogen and oxygen atoms in total. The fraction of sp³-hybridized carbons (Fsp3) is 0.750. The van der Waals surface area contributed by atoms with Gasteiger partial charge in [-0.25, -0.2) is 4.98 Å². The Kier molecular flexibility index (Phi) is 2.63. The van der Waals surface area contributed by atoms with Crippen LogP contribution in [0.1, 0.15) is 31.4 Å². The van der Waals surface area contributed by atoms with Crippen molar-refractivity contribution in [2.75, 3.05) is 0 Å². The molecule has 0 saturated carbocycles. The number of hydrogen-bond acceptors (Lipinski definition) is 2. The fourth-order valence-corrected chi connectivity index (χ4v) is 0.968. The average Bonchev–Trinajstić information content (AvgIpc) is 2.28. The van der Waals surface area contributed by atoms with Gasteiger partial charge in [0.05, 0.1) is 0 Å². The highest BCUT2D eigenvalue weighted by Gasteiger charge is 2.00. The number of nitrogens with zero attached hydrogens (tertiary/aromatic N) is 3. The second-order valence-electron chi connectivity index (χ2n) is 2.80. The Labute approximate surface area is 67.4 Å². The Bertz CT molecular complexity index is 208. The van der Waals surface area contributed by atoms with E-state index in [1.807, 2.05) is 18.7 Å². The Balaban J connectivity index is 2.58. The van der Waals surface area contributed by atoms with Gasteiger partial charge in [-0.2, -0.15) is 5.10 Å². The quantitative estimate of drug-likeness (QED) is 0.658. The van der Waals surface area contributed by atoms with E-state index in [-0.39, 0.29) is 0 Å². The maximum Gasteiger partial charge on any atom is 0.150 e. The summed E-state index contributed by atoms with van der Waals surface area (Å²) < 4.78 is 1.82. The number of hydrogen-bond donors (Lipinski definition) is 0. The normalized spacial score (nSPS) is 10.5. The van der Waals surface area contributed by atoms with Crippen molar-refractivity contribution in [1.82, 2.24) is 14.8 Å². The van der Waals surface area contributed by atoms with Gasteiger partial charge in [-0.15, -0.1) is 0 Å². The van der Waals surface area contributed by atoms with Crippen LogP contribution in [0.4, 0.5) is 0 Å². The Morgan fingerprint density at radius 1 is 1.45 bits per heavy atom. The lowest BCUT2D eigenvalue weighted by molar-refractivity contribution is 0.700. The molecule has 1 aromatic rings. The molecule has 3 heteroatoms. The molecule has 1 heterocycles. The molecule has 1 rings (SSSR count). The molecule has 0 N–H and O–H groups in total.